The van der Waals surface area contributed by atoms with E-state index in [0.717, 1.165) is 32.0 Å². The average Bonchev–Trinajstić information content (AvgIpc) is 2.44. The third-order valence-corrected chi connectivity index (χ3v) is 5.72. The van der Waals surface area contributed by atoms with Crippen molar-refractivity contribution in [2.24, 2.45) is 4.99 Å². The summed E-state index contributed by atoms with van der Waals surface area (Å²) in [6.45, 7) is 20.4. The van der Waals surface area contributed by atoms with Crippen LogP contribution in [0.5, 0.6) is 0 Å². The number of aliphatic imine (C=N–C) groups is 1. The van der Waals surface area contributed by atoms with E-state index in [1.54, 1.807) is 0 Å². The van der Waals surface area contributed by atoms with Gasteiger partial charge in [0.05, 0.1) is 0 Å². The highest BCUT2D eigenvalue weighted by Crippen LogP contribution is 2.10. The van der Waals surface area contributed by atoms with Gasteiger partial charge in [0.2, 0.25) is 0 Å². The third kappa shape index (κ3) is 13.0. The van der Waals surface area contributed by atoms with E-state index in [1.165, 1.54) is 0 Å². The number of guanidine groups is 1. The zero-order valence-electron chi connectivity index (χ0n) is 17.5. The fraction of sp³-hybridized carbons (Fsp3) is 0.944. The van der Waals surface area contributed by atoms with Gasteiger partial charge in [-0.25, -0.2) is 0 Å². The van der Waals surface area contributed by atoms with Gasteiger partial charge in [-0.3, -0.25) is 14.1 Å². The summed E-state index contributed by atoms with van der Waals surface area (Å²) in [6, 6.07) is 1.13. The van der Waals surface area contributed by atoms with E-state index < -0.39 is 10.8 Å². The molecule has 5 nitrogen and oxygen atoms in total. The van der Waals surface area contributed by atoms with Crippen molar-refractivity contribution < 1.29 is 4.21 Å². The quantitative estimate of drug-likeness (QED) is 0.215. The molecule has 0 aromatic heterocycles. The van der Waals surface area contributed by atoms with Gasteiger partial charge in [0, 0.05) is 59.6 Å². The lowest BCUT2D eigenvalue weighted by molar-refractivity contribution is 0.174. The molecule has 0 bridgehead atoms. The highest BCUT2D eigenvalue weighted by molar-refractivity contribution is 14.0. The molecule has 152 valence electrons. The Kier molecular flexibility index (Phi) is 15.5. The standard InChI is InChI=1S/C18H40N4OS.HI/c1-9-19-17(21-12-14-24(23)18(6,7)8)20-11-10-13-22(15(2)3)16(4)5;/h15-16H,9-14H2,1-8H3,(H2,19,20,21);1H. The largest absolute Gasteiger partial charge is 0.357 e. The normalized spacial score (nSPS) is 14.0. The summed E-state index contributed by atoms with van der Waals surface area (Å²) >= 11 is 0. The van der Waals surface area contributed by atoms with Crippen molar-refractivity contribution in [3.8, 4) is 0 Å². The Labute approximate surface area is 175 Å². The highest BCUT2D eigenvalue weighted by atomic mass is 127. The van der Waals surface area contributed by atoms with Gasteiger partial charge in [-0.15, -0.1) is 24.0 Å². The molecule has 0 saturated heterocycles. The molecule has 25 heavy (non-hydrogen) atoms. The predicted molar refractivity (Wildman–Crippen MR) is 124 cm³/mol. The Bertz CT molecular complexity index is 387. The zero-order chi connectivity index (χ0) is 18.8. The maximum Gasteiger partial charge on any atom is 0.191 e. The first-order valence-corrected chi connectivity index (χ1v) is 10.6. The van der Waals surface area contributed by atoms with Gasteiger partial charge >= 0.3 is 0 Å². The van der Waals surface area contributed by atoms with Gasteiger partial charge < -0.3 is 10.6 Å². The second-order valence-corrected chi connectivity index (χ2v) is 9.95. The molecule has 1 unspecified atom stereocenters. The molecule has 0 amide bonds. The monoisotopic (exact) mass is 488 g/mol. The minimum Gasteiger partial charge on any atom is -0.357 e. The first-order chi connectivity index (χ1) is 11.1. The molecule has 0 aromatic rings. The SMILES string of the molecule is CCNC(=NCCCN(C(C)C)C(C)C)NCCS(=O)C(C)(C)C.I. The van der Waals surface area contributed by atoms with Crippen LogP contribution in [0, 0.1) is 0 Å². The van der Waals surface area contributed by atoms with Gasteiger partial charge in [-0.1, -0.05) is 0 Å². The maximum absolute atomic E-state index is 12.1. The van der Waals surface area contributed by atoms with E-state index in [9.17, 15) is 4.21 Å². The summed E-state index contributed by atoms with van der Waals surface area (Å²) in [4.78, 5) is 7.12. The van der Waals surface area contributed by atoms with Crippen LogP contribution in [-0.4, -0.2) is 63.8 Å². The molecule has 0 aromatic carbocycles. The van der Waals surface area contributed by atoms with Crippen molar-refractivity contribution >= 4 is 40.7 Å². The van der Waals surface area contributed by atoms with Crippen molar-refractivity contribution in [2.45, 2.75) is 78.6 Å². The Hall–Kier alpha value is 0.110. The topological polar surface area (TPSA) is 56.7 Å². The molecule has 0 heterocycles. The summed E-state index contributed by atoms with van der Waals surface area (Å²) in [5.41, 5.74) is 0. The Morgan fingerprint density at radius 1 is 1.12 bits per heavy atom. The van der Waals surface area contributed by atoms with Crippen LogP contribution in [0.4, 0.5) is 0 Å². The second kappa shape index (κ2) is 14.2. The van der Waals surface area contributed by atoms with Crippen LogP contribution in [-0.2, 0) is 10.8 Å². The van der Waals surface area contributed by atoms with E-state index in [4.69, 9.17) is 0 Å². The molecule has 2 N–H and O–H groups in total. The first kappa shape index (κ1) is 27.3. The average molecular weight is 489 g/mol. The van der Waals surface area contributed by atoms with Crippen LogP contribution < -0.4 is 10.6 Å². The maximum atomic E-state index is 12.1. The van der Waals surface area contributed by atoms with Crippen molar-refractivity contribution in [1.82, 2.24) is 15.5 Å². The second-order valence-electron chi connectivity index (χ2n) is 7.63. The molecule has 0 spiro atoms. The van der Waals surface area contributed by atoms with E-state index in [-0.39, 0.29) is 28.7 Å². The van der Waals surface area contributed by atoms with Gasteiger partial charge in [0.25, 0.3) is 0 Å². The van der Waals surface area contributed by atoms with Crippen LogP contribution >= 0.6 is 24.0 Å². The zero-order valence-corrected chi connectivity index (χ0v) is 20.7. The Balaban J connectivity index is 0. The summed E-state index contributed by atoms with van der Waals surface area (Å²) in [6.07, 6.45) is 1.04. The molecule has 0 rings (SSSR count). The lowest BCUT2D eigenvalue weighted by Crippen LogP contribution is -2.41. The van der Waals surface area contributed by atoms with Crippen LogP contribution in [0.1, 0.15) is 61.8 Å². The number of nitrogens with one attached hydrogen (secondary N) is 2. The van der Waals surface area contributed by atoms with Crippen molar-refractivity contribution in [3.63, 3.8) is 0 Å². The molecule has 1 atom stereocenters. The van der Waals surface area contributed by atoms with Gasteiger partial charge in [0.1, 0.15) is 0 Å². The Morgan fingerprint density at radius 3 is 2.12 bits per heavy atom. The lowest BCUT2D eigenvalue weighted by Gasteiger charge is -2.30. The molecule has 0 aliphatic carbocycles. The van der Waals surface area contributed by atoms with Crippen LogP contribution in [0.3, 0.4) is 0 Å². The van der Waals surface area contributed by atoms with Crippen LogP contribution in [0.25, 0.3) is 0 Å². The lowest BCUT2D eigenvalue weighted by atomic mass is 10.2. The van der Waals surface area contributed by atoms with Gasteiger partial charge in [-0.05, 0) is 61.8 Å². The first-order valence-electron chi connectivity index (χ1n) is 9.26. The van der Waals surface area contributed by atoms with E-state index in [0.29, 0.717) is 24.4 Å². The number of nitrogens with zero attached hydrogens (tertiary/aromatic N) is 2. The summed E-state index contributed by atoms with van der Waals surface area (Å²) < 4.78 is 11.9. The fourth-order valence-electron chi connectivity index (χ4n) is 2.47. The summed E-state index contributed by atoms with van der Waals surface area (Å²) in [5.74, 6) is 1.46. The number of hydrogen-bond donors (Lipinski definition) is 2. The van der Waals surface area contributed by atoms with Crippen molar-refractivity contribution in [2.75, 3.05) is 31.9 Å². The third-order valence-electron chi connectivity index (χ3n) is 3.78. The van der Waals surface area contributed by atoms with E-state index in [2.05, 4.69) is 55.1 Å². The molecule has 0 saturated carbocycles. The van der Waals surface area contributed by atoms with Crippen LogP contribution in [0.15, 0.2) is 4.99 Å². The minimum absolute atomic E-state index is 0. The number of hydrogen-bond acceptors (Lipinski definition) is 3. The molecule has 0 aliphatic heterocycles. The van der Waals surface area contributed by atoms with Gasteiger partial charge in [0.15, 0.2) is 5.96 Å². The van der Waals surface area contributed by atoms with E-state index in [1.807, 2.05) is 20.8 Å². The molecular formula is C18H41IN4OS. The van der Waals surface area contributed by atoms with Crippen molar-refractivity contribution in [1.29, 1.82) is 0 Å². The molecule has 0 fully saturated rings. The molecule has 7 heteroatoms. The van der Waals surface area contributed by atoms with Gasteiger partial charge in [-0.2, -0.15) is 0 Å². The number of rotatable bonds is 10. The molecule has 0 aliphatic rings. The highest BCUT2D eigenvalue weighted by Gasteiger charge is 2.18. The van der Waals surface area contributed by atoms with Crippen LogP contribution in [0.2, 0.25) is 0 Å². The minimum atomic E-state index is -0.834. The summed E-state index contributed by atoms with van der Waals surface area (Å²) in [5, 5.41) is 6.54. The molecular weight excluding hydrogens is 447 g/mol. The van der Waals surface area contributed by atoms with E-state index >= 15 is 0 Å². The predicted octanol–water partition coefficient (Wildman–Crippen LogP) is 3.22. The number of halogens is 1. The smallest absolute Gasteiger partial charge is 0.191 e. The van der Waals surface area contributed by atoms with Crippen molar-refractivity contribution in [3.05, 3.63) is 0 Å². The molecule has 0 radical (unpaired) electrons. The Morgan fingerprint density at radius 2 is 1.68 bits per heavy atom. The summed E-state index contributed by atoms with van der Waals surface area (Å²) in [7, 11) is -0.834. The fourth-order valence-corrected chi connectivity index (χ4v) is 3.37.